The van der Waals surface area contributed by atoms with Crippen LogP contribution in [0, 0.1) is 0 Å². The summed E-state index contributed by atoms with van der Waals surface area (Å²) >= 11 is 0. The van der Waals surface area contributed by atoms with E-state index in [9.17, 15) is 4.79 Å². The van der Waals surface area contributed by atoms with Crippen LogP contribution in [0.1, 0.15) is 0 Å². The van der Waals surface area contributed by atoms with Crippen LogP contribution in [0.4, 0.5) is 0 Å². The van der Waals surface area contributed by atoms with Gasteiger partial charge in [-0.05, 0) is 24.3 Å². The maximum absolute atomic E-state index is 11.8. The largest absolute Gasteiger partial charge is 0.347 e. The third-order valence-electron chi connectivity index (χ3n) is 3.56. The van der Waals surface area contributed by atoms with Crippen molar-refractivity contribution in [3.8, 4) is 22.5 Å². The smallest absolute Gasteiger partial charge is 0.243 e. The monoisotopic (exact) mass is 306 g/mol. The number of amides is 1. The zero-order valence-electron chi connectivity index (χ0n) is 13.2. The molecule has 0 saturated heterocycles. The van der Waals surface area contributed by atoms with Gasteiger partial charge in [-0.25, -0.2) is 0 Å². The van der Waals surface area contributed by atoms with Crippen molar-refractivity contribution < 1.29 is 4.79 Å². The molecule has 0 aliphatic heterocycles. The molecule has 0 fully saturated rings. The summed E-state index contributed by atoms with van der Waals surface area (Å²) in [5, 5.41) is 4.49. The van der Waals surface area contributed by atoms with Crippen LogP contribution >= 0.6 is 0 Å². The summed E-state index contributed by atoms with van der Waals surface area (Å²) in [6.45, 7) is 0.243. The van der Waals surface area contributed by atoms with Gasteiger partial charge in [-0.2, -0.15) is 5.10 Å². The Balaban J connectivity index is 1.85. The van der Waals surface area contributed by atoms with Crippen LogP contribution in [0.15, 0.2) is 60.9 Å². The SMILES string of the molecule is CN(C)C(=O)Cn1ccc(-c2cccc(-c3ccccn3)c2)n1. The van der Waals surface area contributed by atoms with Gasteiger partial charge in [-0.15, -0.1) is 0 Å². The number of carbonyl (C=O) groups is 1. The predicted octanol–water partition coefficient (Wildman–Crippen LogP) is 2.70. The first-order valence-electron chi connectivity index (χ1n) is 7.39. The van der Waals surface area contributed by atoms with E-state index in [1.54, 1.807) is 29.9 Å². The van der Waals surface area contributed by atoms with Crippen LogP contribution in [0.2, 0.25) is 0 Å². The van der Waals surface area contributed by atoms with Gasteiger partial charge in [0, 0.05) is 37.6 Å². The fourth-order valence-corrected chi connectivity index (χ4v) is 2.26. The first-order chi connectivity index (χ1) is 11.1. The van der Waals surface area contributed by atoms with E-state index in [1.807, 2.05) is 48.7 Å². The number of likely N-dealkylation sites (N-methyl/N-ethyl adjacent to an activating group) is 1. The summed E-state index contributed by atoms with van der Waals surface area (Å²) in [7, 11) is 3.48. The van der Waals surface area contributed by atoms with E-state index >= 15 is 0 Å². The van der Waals surface area contributed by atoms with Crippen LogP contribution in [-0.4, -0.2) is 39.7 Å². The highest BCUT2D eigenvalue weighted by atomic mass is 16.2. The number of benzene rings is 1. The molecule has 0 aliphatic rings. The molecule has 0 aliphatic carbocycles. The Hall–Kier alpha value is -2.95. The Kier molecular flexibility index (Phi) is 4.19. The van der Waals surface area contributed by atoms with E-state index in [0.29, 0.717) is 0 Å². The normalized spacial score (nSPS) is 10.5. The molecule has 0 N–H and O–H groups in total. The molecule has 5 nitrogen and oxygen atoms in total. The van der Waals surface area contributed by atoms with Crippen molar-refractivity contribution in [3.63, 3.8) is 0 Å². The summed E-state index contributed by atoms with van der Waals surface area (Å²) in [6, 6.07) is 15.8. The van der Waals surface area contributed by atoms with Gasteiger partial charge >= 0.3 is 0 Å². The molecule has 2 heterocycles. The highest BCUT2D eigenvalue weighted by molar-refractivity contribution is 5.75. The van der Waals surface area contributed by atoms with Gasteiger partial charge in [0.2, 0.25) is 5.91 Å². The first kappa shape index (κ1) is 15.0. The molecule has 0 radical (unpaired) electrons. The van der Waals surface area contributed by atoms with Crippen molar-refractivity contribution in [2.24, 2.45) is 0 Å². The minimum absolute atomic E-state index is 0.0156. The zero-order valence-corrected chi connectivity index (χ0v) is 13.2. The fourth-order valence-electron chi connectivity index (χ4n) is 2.26. The van der Waals surface area contributed by atoms with Crippen LogP contribution in [0.25, 0.3) is 22.5 Å². The van der Waals surface area contributed by atoms with Crippen molar-refractivity contribution >= 4 is 5.91 Å². The molecule has 0 unspecified atom stereocenters. The molecule has 116 valence electrons. The second kappa shape index (κ2) is 6.44. The Labute approximate surface area is 135 Å². The Morgan fingerprint density at radius 2 is 1.83 bits per heavy atom. The standard InChI is InChI=1S/C18H18N4O/c1-21(2)18(23)13-22-11-9-17(20-22)15-7-5-6-14(12-15)16-8-3-4-10-19-16/h3-12H,13H2,1-2H3. The highest BCUT2D eigenvalue weighted by Gasteiger charge is 2.08. The van der Waals surface area contributed by atoms with Crippen molar-refractivity contribution in [2.45, 2.75) is 6.54 Å². The number of rotatable bonds is 4. The lowest BCUT2D eigenvalue weighted by Gasteiger charge is -2.09. The average Bonchev–Trinajstić information content (AvgIpc) is 3.04. The van der Waals surface area contributed by atoms with Gasteiger partial charge in [-0.1, -0.05) is 24.3 Å². The lowest BCUT2D eigenvalue weighted by atomic mass is 10.1. The lowest BCUT2D eigenvalue weighted by Crippen LogP contribution is -2.26. The number of hydrogen-bond donors (Lipinski definition) is 0. The summed E-state index contributed by atoms with van der Waals surface area (Å²) in [5.74, 6) is 0.0156. The van der Waals surface area contributed by atoms with Gasteiger partial charge in [0.05, 0.1) is 11.4 Å². The third-order valence-corrected chi connectivity index (χ3v) is 3.56. The molecule has 1 amide bonds. The quantitative estimate of drug-likeness (QED) is 0.744. The molecule has 0 atom stereocenters. The molecule has 0 saturated carbocycles. The van der Waals surface area contributed by atoms with E-state index in [1.165, 1.54) is 0 Å². The van der Waals surface area contributed by atoms with Crippen LogP contribution in [-0.2, 0) is 11.3 Å². The number of nitrogens with zero attached hydrogens (tertiary/aromatic N) is 4. The van der Waals surface area contributed by atoms with E-state index in [4.69, 9.17) is 0 Å². The summed E-state index contributed by atoms with van der Waals surface area (Å²) in [4.78, 5) is 17.7. The minimum Gasteiger partial charge on any atom is -0.347 e. The van der Waals surface area contributed by atoms with Gasteiger partial charge < -0.3 is 4.90 Å². The second-order valence-electron chi connectivity index (χ2n) is 5.48. The molecular formula is C18H18N4O. The Morgan fingerprint density at radius 1 is 1.04 bits per heavy atom. The molecule has 3 aromatic rings. The number of pyridine rings is 1. The number of hydrogen-bond acceptors (Lipinski definition) is 3. The summed E-state index contributed by atoms with van der Waals surface area (Å²) < 4.78 is 1.66. The molecule has 5 heteroatoms. The molecule has 0 bridgehead atoms. The average molecular weight is 306 g/mol. The maximum atomic E-state index is 11.8. The van der Waals surface area contributed by atoms with E-state index in [-0.39, 0.29) is 12.5 Å². The van der Waals surface area contributed by atoms with Crippen LogP contribution < -0.4 is 0 Å². The molecule has 0 spiro atoms. The molecule has 3 rings (SSSR count). The maximum Gasteiger partial charge on any atom is 0.243 e. The molecular weight excluding hydrogens is 288 g/mol. The number of aromatic nitrogens is 3. The van der Waals surface area contributed by atoms with Crippen LogP contribution in [0.3, 0.4) is 0 Å². The highest BCUT2D eigenvalue weighted by Crippen LogP contribution is 2.23. The van der Waals surface area contributed by atoms with Gasteiger partial charge in [0.1, 0.15) is 6.54 Å². The van der Waals surface area contributed by atoms with Crippen molar-refractivity contribution in [3.05, 3.63) is 60.9 Å². The third kappa shape index (κ3) is 3.45. The molecule has 1 aromatic carbocycles. The summed E-state index contributed by atoms with van der Waals surface area (Å²) in [5.41, 5.74) is 3.82. The van der Waals surface area contributed by atoms with Crippen molar-refractivity contribution in [1.82, 2.24) is 19.7 Å². The second-order valence-corrected chi connectivity index (χ2v) is 5.48. The lowest BCUT2D eigenvalue weighted by molar-refractivity contribution is -0.129. The Morgan fingerprint density at radius 3 is 2.52 bits per heavy atom. The van der Waals surface area contributed by atoms with Crippen molar-refractivity contribution in [1.29, 1.82) is 0 Å². The topological polar surface area (TPSA) is 51.0 Å². The van der Waals surface area contributed by atoms with E-state index in [0.717, 1.165) is 22.5 Å². The predicted molar refractivity (Wildman–Crippen MR) is 89.6 cm³/mol. The Bertz CT molecular complexity index is 809. The van der Waals surface area contributed by atoms with Crippen LogP contribution in [0.5, 0.6) is 0 Å². The number of carbonyl (C=O) groups excluding carboxylic acids is 1. The van der Waals surface area contributed by atoms with E-state index in [2.05, 4.69) is 16.1 Å². The van der Waals surface area contributed by atoms with Crippen molar-refractivity contribution in [2.75, 3.05) is 14.1 Å². The van der Waals surface area contributed by atoms with Gasteiger partial charge in [-0.3, -0.25) is 14.5 Å². The van der Waals surface area contributed by atoms with Gasteiger partial charge in [0.25, 0.3) is 0 Å². The first-order valence-corrected chi connectivity index (χ1v) is 7.39. The molecule has 2 aromatic heterocycles. The van der Waals surface area contributed by atoms with E-state index < -0.39 is 0 Å². The molecule has 23 heavy (non-hydrogen) atoms. The van der Waals surface area contributed by atoms with Gasteiger partial charge in [0.15, 0.2) is 0 Å². The minimum atomic E-state index is 0.0156. The fraction of sp³-hybridized carbons (Fsp3) is 0.167. The zero-order chi connectivity index (χ0) is 16.2. The summed E-state index contributed by atoms with van der Waals surface area (Å²) in [6.07, 6.45) is 3.60.